The Morgan fingerprint density at radius 3 is 2.86 bits per heavy atom. The van der Waals surface area contributed by atoms with E-state index in [1.54, 1.807) is 35.3 Å². The molecule has 1 aliphatic rings. The number of hydrogen-bond acceptors (Lipinski definition) is 6. The SMILES string of the molecule is Cc1cc(-c2ccnc(-n3ncc(C(=O)NCC(C)O)c3C3CC3)n2)c(C)s1. The van der Waals surface area contributed by atoms with Gasteiger partial charge in [0.25, 0.3) is 11.9 Å². The molecule has 0 aliphatic heterocycles. The predicted molar refractivity (Wildman–Crippen MR) is 108 cm³/mol. The van der Waals surface area contributed by atoms with Gasteiger partial charge >= 0.3 is 0 Å². The van der Waals surface area contributed by atoms with E-state index < -0.39 is 6.10 Å². The number of aliphatic hydroxyl groups is 1. The summed E-state index contributed by atoms with van der Waals surface area (Å²) in [5.41, 5.74) is 3.32. The summed E-state index contributed by atoms with van der Waals surface area (Å²) in [7, 11) is 0. The van der Waals surface area contributed by atoms with E-state index in [-0.39, 0.29) is 18.4 Å². The monoisotopic (exact) mass is 397 g/mol. The number of amides is 1. The molecule has 1 unspecified atom stereocenters. The maximum absolute atomic E-state index is 12.6. The average molecular weight is 398 g/mol. The van der Waals surface area contributed by atoms with E-state index >= 15 is 0 Å². The molecule has 1 aliphatic carbocycles. The smallest absolute Gasteiger partial charge is 0.254 e. The van der Waals surface area contributed by atoms with Gasteiger partial charge in [0.05, 0.1) is 29.3 Å². The maximum Gasteiger partial charge on any atom is 0.254 e. The third-order valence-electron chi connectivity index (χ3n) is 4.72. The maximum atomic E-state index is 12.6. The van der Waals surface area contributed by atoms with E-state index in [0.717, 1.165) is 29.8 Å². The van der Waals surface area contributed by atoms with Gasteiger partial charge in [0.15, 0.2) is 0 Å². The standard InChI is InChI=1S/C20H23N5O2S/c1-11(26)9-22-19(27)16-10-23-25(18(16)14-4-5-14)20-21-7-6-17(24-20)15-8-12(2)28-13(15)3/h6-8,10-11,14,26H,4-5,9H2,1-3H3,(H,22,27). The van der Waals surface area contributed by atoms with Crippen LogP contribution >= 0.6 is 11.3 Å². The normalized spacial score (nSPS) is 14.9. The van der Waals surface area contributed by atoms with E-state index in [2.05, 4.69) is 35.3 Å². The number of aromatic nitrogens is 4. The topological polar surface area (TPSA) is 92.9 Å². The number of aliphatic hydroxyl groups excluding tert-OH is 1. The quantitative estimate of drug-likeness (QED) is 0.667. The number of hydrogen-bond donors (Lipinski definition) is 2. The third-order valence-corrected chi connectivity index (χ3v) is 5.69. The Hall–Kier alpha value is -2.58. The van der Waals surface area contributed by atoms with Crippen LogP contribution in [0.15, 0.2) is 24.5 Å². The number of aryl methyl sites for hydroxylation is 2. The van der Waals surface area contributed by atoms with Crippen molar-refractivity contribution in [2.24, 2.45) is 0 Å². The van der Waals surface area contributed by atoms with Gasteiger partial charge < -0.3 is 10.4 Å². The number of thiophene rings is 1. The first-order valence-corrected chi connectivity index (χ1v) is 10.2. The molecule has 3 aromatic heterocycles. The minimum absolute atomic E-state index is 0.205. The highest BCUT2D eigenvalue weighted by atomic mass is 32.1. The van der Waals surface area contributed by atoms with Gasteiger partial charge in [-0.15, -0.1) is 11.3 Å². The molecule has 28 heavy (non-hydrogen) atoms. The molecule has 7 nitrogen and oxygen atoms in total. The fraction of sp³-hybridized carbons (Fsp3) is 0.400. The van der Waals surface area contributed by atoms with E-state index in [9.17, 15) is 9.90 Å². The minimum Gasteiger partial charge on any atom is -0.392 e. The first-order chi connectivity index (χ1) is 13.4. The summed E-state index contributed by atoms with van der Waals surface area (Å²) >= 11 is 1.74. The zero-order valence-corrected chi connectivity index (χ0v) is 17.0. The van der Waals surface area contributed by atoms with Crippen molar-refractivity contribution in [3.8, 4) is 17.2 Å². The molecular formula is C20H23N5O2S. The number of nitrogens with one attached hydrogen (secondary N) is 1. The van der Waals surface area contributed by atoms with Crippen LogP contribution < -0.4 is 5.32 Å². The second-order valence-electron chi connectivity index (χ2n) is 7.26. The highest BCUT2D eigenvalue weighted by Gasteiger charge is 2.33. The van der Waals surface area contributed by atoms with Gasteiger partial charge in [-0.3, -0.25) is 4.79 Å². The summed E-state index contributed by atoms with van der Waals surface area (Å²) in [6.07, 6.45) is 4.74. The molecule has 4 rings (SSSR count). The number of carbonyl (C=O) groups excluding carboxylic acids is 1. The Balaban J connectivity index is 1.71. The lowest BCUT2D eigenvalue weighted by molar-refractivity contribution is 0.0923. The van der Waals surface area contributed by atoms with E-state index in [1.807, 2.05) is 6.07 Å². The molecule has 1 amide bonds. The van der Waals surface area contributed by atoms with Crippen LogP contribution in [0.25, 0.3) is 17.2 Å². The van der Waals surface area contributed by atoms with Crippen LogP contribution in [0.3, 0.4) is 0 Å². The van der Waals surface area contributed by atoms with E-state index in [1.165, 1.54) is 9.75 Å². The highest BCUT2D eigenvalue weighted by Crippen LogP contribution is 2.42. The Kier molecular flexibility index (Phi) is 4.99. The number of carbonyl (C=O) groups is 1. The minimum atomic E-state index is -0.597. The van der Waals surface area contributed by atoms with Crippen molar-refractivity contribution in [2.45, 2.75) is 45.6 Å². The molecule has 0 spiro atoms. The van der Waals surface area contributed by atoms with Gasteiger partial charge in [0.1, 0.15) is 0 Å². The van der Waals surface area contributed by atoms with Gasteiger partial charge in [0, 0.05) is 34.0 Å². The van der Waals surface area contributed by atoms with Gasteiger partial charge in [-0.25, -0.2) is 14.6 Å². The zero-order chi connectivity index (χ0) is 19.8. The molecule has 1 saturated carbocycles. The zero-order valence-electron chi connectivity index (χ0n) is 16.1. The summed E-state index contributed by atoms with van der Waals surface area (Å²) in [6, 6.07) is 4.03. The van der Waals surface area contributed by atoms with Crippen LogP contribution in [0.5, 0.6) is 0 Å². The lowest BCUT2D eigenvalue weighted by Gasteiger charge is -2.10. The second-order valence-corrected chi connectivity index (χ2v) is 8.72. The summed E-state index contributed by atoms with van der Waals surface area (Å²) in [5.74, 6) is 0.527. The highest BCUT2D eigenvalue weighted by molar-refractivity contribution is 7.12. The van der Waals surface area contributed by atoms with Crippen LogP contribution in [0.4, 0.5) is 0 Å². The largest absolute Gasteiger partial charge is 0.392 e. The molecule has 2 N–H and O–H groups in total. The van der Waals surface area contributed by atoms with E-state index in [4.69, 9.17) is 4.98 Å². The Bertz CT molecular complexity index is 1020. The lowest BCUT2D eigenvalue weighted by atomic mass is 10.1. The molecular weight excluding hydrogens is 374 g/mol. The predicted octanol–water partition coefficient (Wildman–Crippen LogP) is 3.00. The van der Waals surface area contributed by atoms with Crippen molar-refractivity contribution in [2.75, 3.05) is 6.54 Å². The summed E-state index contributed by atoms with van der Waals surface area (Å²) in [4.78, 5) is 24.2. The molecule has 0 saturated heterocycles. The fourth-order valence-corrected chi connectivity index (χ4v) is 4.20. The van der Waals surface area contributed by atoms with Crippen molar-refractivity contribution < 1.29 is 9.90 Å². The van der Waals surface area contributed by atoms with Crippen LogP contribution in [0.1, 0.15) is 51.5 Å². The summed E-state index contributed by atoms with van der Waals surface area (Å²) in [5, 5.41) is 16.6. The van der Waals surface area contributed by atoms with Crippen molar-refractivity contribution in [1.29, 1.82) is 0 Å². The second kappa shape index (κ2) is 7.44. The van der Waals surface area contributed by atoms with Crippen molar-refractivity contribution >= 4 is 17.2 Å². The third kappa shape index (κ3) is 3.70. The van der Waals surface area contributed by atoms with E-state index in [0.29, 0.717) is 11.5 Å². The first-order valence-electron chi connectivity index (χ1n) is 9.39. The summed E-state index contributed by atoms with van der Waals surface area (Å²) in [6.45, 7) is 6.01. The Morgan fingerprint density at radius 1 is 1.43 bits per heavy atom. The summed E-state index contributed by atoms with van der Waals surface area (Å²) < 4.78 is 1.69. The number of rotatable bonds is 6. The molecule has 0 bridgehead atoms. The first kappa shape index (κ1) is 18.8. The van der Waals surface area contributed by atoms with Gasteiger partial charge in [-0.2, -0.15) is 5.10 Å². The van der Waals surface area contributed by atoms with Crippen molar-refractivity contribution in [3.05, 3.63) is 45.5 Å². The Morgan fingerprint density at radius 2 is 2.21 bits per heavy atom. The average Bonchev–Trinajstić information content (AvgIpc) is 3.31. The molecule has 146 valence electrons. The van der Waals surface area contributed by atoms with Gasteiger partial charge in [-0.05, 0) is 45.7 Å². The van der Waals surface area contributed by atoms with Crippen molar-refractivity contribution in [1.82, 2.24) is 25.1 Å². The molecule has 3 aromatic rings. The van der Waals surface area contributed by atoms with Crippen LogP contribution in [-0.4, -0.2) is 43.4 Å². The molecule has 1 atom stereocenters. The van der Waals surface area contributed by atoms with Crippen LogP contribution in [0.2, 0.25) is 0 Å². The van der Waals surface area contributed by atoms with Crippen LogP contribution in [-0.2, 0) is 0 Å². The van der Waals surface area contributed by atoms with Gasteiger partial charge in [0.2, 0.25) is 0 Å². The number of nitrogens with zero attached hydrogens (tertiary/aromatic N) is 4. The lowest BCUT2D eigenvalue weighted by Crippen LogP contribution is -2.31. The van der Waals surface area contributed by atoms with Crippen molar-refractivity contribution in [3.63, 3.8) is 0 Å². The molecule has 0 aromatic carbocycles. The molecule has 1 fully saturated rings. The molecule has 0 radical (unpaired) electrons. The van der Waals surface area contributed by atoms with Gasteiger partial charge in [-0.1, -0.05) is 0 Å². The molecule has 3 heterocycles. The van der Waals surface area contributed by atoms with Crippen LogP contribution in [0, 0.1) is 13.8 Å². The fourth-order valence-electron chi connectivity index (χ4n) is 3.26. The Labute approximate surface area is 167 Å². The molecule has 8 heteroatoms.